The van der Waals surface area contributed by atoms with Crippen LogP contribution in [-0.2, 0) is 15.7 Å². The number of nitrogens with zero attached hydrogens (tertiary/aromatic N) is 5. The lowest BCUT2D eigenvalue weighted by atomic mass is 10.0. The highest BCUT2D eigenvalue weighted by Gasteiger charge is 2.35. The lowest BCUT2D eigenvalue weighted by Crippen LogP contribution is -2.23. The van der Waals surface area contributed by atoms with E-state index in [-0.39, 0.29) is 46.4 Å². The number of aromatic nitrogens is 5. The summed E-state index contributed by atoms with van der Waals surface area (Å²) in [6.45, 7) is 2.11. The molecule has 2 aliphatic heterocycles. The van der Waals surface area contributed by atoms with Gasteiger partial charge in [-0.1, -0.05) is 13.0 Å². The average molecular weight is 584 g/mol. The van der Waals surface area contributed by atoms with Crippen LogP contribution in [0.5, 0.6) is 5.75 Å². The minimum absolute atomic E-state index is 0.0508. The summed E-state index contributed by atoms with van der Waals surface area (Å²) in [7, 11) is 1.17. The Labute approximate surface area is 236 Å². The third kappa shape index (κ3) is 5.62. The number of pyridine rings is 1. The van der Waals surface area contributed by atoms with Gasteiger partial charge in [-0.15, -0.1) is 0 Å². The Kier molecular flexibility index (Phi) is 7.83. The topological polar surface area (TPSA) is 92.0 Å². The number of hydrogen-bond donors (Lipinski definition) is 0. The quantitative estimate of drug-likeness (QED) is 0.155. The first-order valence-electron chi connectivity index (χ1n) is 12.7. The maximum atomic E-state index is 14.3. The highest BCUT2D eigenvalue weighted by Crippen LogP contribution is 2.39. The van der Waals surface area contributed by atoms with Gasteiger partial charge >= 0.3 is 12.1 Å². The van der Waals surface area contributed by atoms with E-state index in [1.807, 2.05) is 6.92 Å². The second kappa shape index (κ2) is 11.5. The molecule has 3 aromatic rings. The van der Waals surface area contributed by atoms with Crippen molar-refractivity contribution in [2.45, 2.75) is 25.6 Å². The molecule has 1 unspecified atom stereocenters. The highest BCUT2D eigenvalue weighted by atomic mass is 19.4. The number of alkyl halides is 3. The summed E-state index contributed by atoms with van der Waals surface area (Å²) in [5, 5.41) is 8.04. The van der Waals surface area contributed by atoms with Crippen LogP contribution in [0.1, 0.15) is 30.6 Å². The number of imidazole rings is 1. The van der Waals surface area contributed by atoms with Gasteiger partial charge in [-0.05, 0) is 55.0 Å². The van der Waals surface area contributed by atoms with Crippen LogP contribution in [0.4, 0.5) is 22.0 Å². The molecule has 5 rings (SSSR count). The Morgan fingerprint density at radius 3 is 2.43 bits per heavy atom. The Balaban J connectivity index is 1.51. The monoisotopic (exact) mass is 583 g/mol. The molecule has 0 spiro atoms. The SMILES string of the molecule is CCCOc1ccc(-c2ccc(C(C(=O)OC)n3ccc4nc(-c5cccc(F)c5F)nc-4c3)nn2)c(C(F)(F)F)c1. The zero-order chi connectivity index (χ0) is 30.0. The van der Waals surface area contributed by atoms with E-state index >= 15 is 0 Å². The minimum atomic E-state index is -4.69. The first-order chi connectivity index (χ1) is 20.1. The van der Waals surface area contributed by atoms with E-state index in [2.05, 4.69) is 20.2 Å². The molecule has 13 heteroatoms. The van der Waals surface area contributed by atoms with Crippen LogP contribution < -0.4 is 4.74 Å². The summed E-state index contributed by atoms with van der Waals surface area (Å²) < 4.78 is 81.4. The molecule has 0 aliphatic carbocycles. The molecule has 0 amide bonds. The summed E-state index contributed by atoms with van der Waals surface area (Å²) in [6.07, 6.45) is -1.13. The molecule has 0 saturated carbocycles. The summed E-state index contributed by atoms with van der Waals surface area (Å²) in [6, 6.07) is 10.2. The molecule has 1 atom stereocenters. The third-order valence-corrected chi connectivity index (χ3v) is 6.32. The number of benzene rings is 2. The Hall–Kier alpha value is -4.94. The molecule has 0 saturated heterocycles. The van der Waals surface area contributed by atoms with E-state index in [1.165, 1.54) is 66.5 Å². The second-order valence-electron chi connectivity index (χ2n) is 9.13. The summed E-state index contributed by atoms with van der Waals surface area (Å²) in [4.78, 5) is 21.3. The number of hydrogen-bond acceptors (Lipinski definition) is 7. The van der Waals surface area contributed by atoms with Crippen LogP contribution >= 0.6 is 0 Å². The van der Waals surface area contributed by atoms with Crippen molar-refractivity contribution in [2.24, 2.45) is 0 Å². The molecular formula is C29H22F5N5O3. The average Bonchev–Trinajstić information content (AvgIpc) is 3.40. The van der Waals surface area contributed by atoms with Gasteiger partial charge in [0, 0.05) is 18.0 Å². The van der Waals surface area contributed by atoms with Crippen molar-refractivity contribution in [2.75, 3.05) is 13.7 Å². The first-order valence-corrected chi connectivity index (χ1v) is 12.7. The van der Waals surface area contributed by atoms with Crippen molar-refractivity contribution in [3.05, 3.63) is 89.9 Å². The molecule has 0 N–H and O–H groups in total. The van der Waals surface area contributed by atoms with Crippen molar-refractivity contribution < 1.29 is 36.2 Å². The van der Waals surface area contributed by atoms with Gasteiger partial charge < -0.3 is 14.0 Å². The van der Waals surface area contributed by atoms with Gasteiger partial charge in [0.2, 0.25) is 0 Å². The number of fused-ring (bicyclic) bond motifs is 1. The van der Waals surface area contributed by atoms with Crippen molar-refractivity contribution in [3.63, 3.8) is 0 Å². The summed E-state index contributed by atoms with van der Waals surface area (Å²) in [5.74, 6) is -2.86. The molecule has 0 bridgehead atoms. The molecule has 8 nitrogen and oxygen atoms in total. The molecule has 2 aromatic carbocycles. The lowest BCUT2D eigenvalue weighted by Gasteiger charge is -2.19. The second-order valence-corrected chi connectivity index (χ2v) is 9.13. The van der Waals surface area contributed by atoms with Crippen molar-refractivity contribution in [1.29, 1.82) is 0 Å². The van der Waals surface area contributed by atoms with E-state index in [4.69, 9.17) is 9.47 Å². The fourth-order valence-electron chi connectivity index (χ4n) is 4.31. The van der Waals surface area contributed by atoms with Crippen LogP contribution in [0, 0.1) is 11.6 Å². The van der Waals surface area contributed by atoms with Gasteiger partial charge in [-0.25, -0.2) is 23.5 Å². The largest absolute Gasteiger partial charge is 0.494 e. The standard InChI is InChI=1S/C29H22F5N5O3/c1-3-13-42-16-7-8-17(19(14-16)29(32,33)34)21-9-10-23(38-37-21)26(28(40)41-2)39-12-11-22-24(15-39)36-27(35-22)18-5-4-6-20(30)25(18)31/h4-12,14-15,26H,3,13H2,1-2H3. The van der Waals surface area contributed by atoms with Crippen LogP contribution in [0.15, 0.2) is 67.0 Å². The number of halogens is 5. The number of carbonyl (C=O) groups excluding carboxylic acids is 1. The van der Waals surface area contributed by atoms with Gasteiger partial charge in [-0.3, -0.25) is 0 Å². The maximum Gasteiger partial charge on any atom is 0.417 e. The molecule has 216 valence electrons. The van der Waals surface area contributed by atoms with E-state index in [9.17, 15) is 26.7 Å². The predicted octanol–water partition coefficient (Wildman–Crippen LogP) is 6.36. The number of methoxy groups -OCH3 is 1. The first kappa shape index (κ1) is 28.6. The molecule has 2 aliphatic rings. The van der Waals surface area contributed by atoms with Crippen LogP contribution in [0.2, 0.25) is 0 Å². The highest BCUT2D eigenvalue weighted by molar-refractivity contribution is 5.78. The Morgan fingerprint density at radius 1 is 0.952 bits per heavy atom. The lowest BCUT2D eigenvalue weighted by molar-refractivity contribution is -0.143. The van der Waals surface area contributed by atoms with E-state index < -0.39 is 35.4 Å². The maximum absolute atomic E-state index is 14.3. The van der Waals surface area contributed by atoms with Gasteiger partial charge in [0.05, 0.1) is 41.9 Å². The number of ether oxygens (including phenoxy) is 2. The number of rotatable bonds is 8. The van der Waals surface area contributed by atoms with Gasteiger partial charge in [0.15, 0.2) is 23.5 Å². The van der Waals surface area contributed by atoms with Crippen molar-refractivity contribution in [1.82, 2.24) is 24.7 Å². The van der Waals surface area contributed by atoms with Crippen LogP contribution in [-0.4, -0.2) is 44.4 Å². The Morgan fingerprint density at radius 2 is 1.74 bits per heavy atom. The summed E-state index contributed by atoms with van der Waals surface area (Å²) >= 11 is 0. The number of carbonyl (C=O) groups is 1. The van der Waals surface area contributed by atoms with E-state index in [0.717, 1.165) is 12.1 Å². The normalized spacial score (nSPS) is 12.4. The van der Waals surface area contributed by atoms with E-state index in [1.54, 1.807) is 0 Å². The van der Waals surface area contributed by atoms with Crippen LogP contribution in [0.3, 0.4) is 0 Å². The predicted molar refractivity (Wildman–Crippen MR) is 140 cm³/mol. The fourth-order valence-corrected chi connectivity index (χ4v) is 4.31. The molecule has 42 heavy (non-hydrogen) atoms. The van der Waals surface area contributed by atoms with Crippen LogP contribution in [0.25, 0.3) is 34.0 Å². The molecule has 0 fully saturated rings. The fraction of sp³-hybridized carbons (Fsp3) is 0.207. The molecular weight excluding hydrogens is 561 g/mol. The van der Waals surface area contributed by atoms with Gasteiger partial charge in [0.1, 0.15) is 11.4 Å². The molecule has 1 aromatic heterocycles. The minimum Gasteiger partial charge on any atom is -0.494 e. The molecule has 3 heterocycles. The van der Waals surface area contributed by atoms with Crippen molar-refractivity contribution in [3.8, 4) is 39.8 Å². The van der Waals surface area contributed by atoms with E-state index in [0.29, 0.717) is 12.1 Å². The van der Waals surface area contributed by atoms with Gasteiger partial charge in [0.25, 0.3) is 0 Å². The summed E-state index contributed by atoms with van der Waals surface area (Å²) in [5.41, 5.74) is -0.674. The zero-order valence-electron chi connectivity index (χ0n) is 22.2. The Bertz CT molecular complexity index is 1710. The zero-order valence-corrected chi connectivity index (χ0v) is 22.2. The van der Waals surface area contributed by atoms with Crippen molar-refractivity contribution >= 4 is 5.97 Å². The third-order valence-electron chi connectivity index (χ3n) is 6.32. The number of esters is 1. The van der Waals surface area contributed by atoms with Gasteiger partial charge in [-0.2, -0.15) is 23.4 Å². The molecule has 0 radical (unpaired) electrons. The smallest absolute Gasteiger partial charge is 0.417 e.